The largest absolute Gasteiger partial charge is 0.573 e. The molecule has 0 saturated heterocycles. The molecule has 0 saturated carbocycles. The molecule has 0 bridgehead atoms. The first-order valence-electron chi connectivity index (χ1n) is 8.72. The highest BCUT2D eigenvalue weighted by Gasteiger charge is 2.32. The van der Waals surface area contributed by atoms with Crippen molar-refractivity contribution in [3.63, 3.8) is 0 Å². The second-order valence-corrected chi connectivity index (χ2v) is 5.78. The van der Waals surface area contributed by atoms with Crippen molar-refractivity contribution in [3.8, 4) is 5.75 Å². The van der Waals surface area contributed by atoms with Crippen LogP contribution < -0.4 is 10.1 Å². The lowest BCUT2D eigenvalue weighted by atomic mass is 10.2. The number of hydrogen-bond donors (Lipinski definition) is 1. The Bertz CT molecular complexity index is 958. The normalized spacial score (nSPS) is 10.4. The fraction of sp³-hybridized carbons (Fsp3) is 0.263. The van der Waals surface area contributed by atoms with Crippen molar-refractivity contribution in [2.24, 2.45) is 0 Å². The van der Waals surface area contributed by atoms with Crippen molar-refractivity contribution in [1.29, 1.82) is 0 Å². The molecule has 1 amide bonds. The number of benzene rings is 1. The zero-order chi connectivity index (χ0) is 22.2. The van der Waals surface area contributed by atoms with Gasteiger partial charge in [0.05, 0.1) is 6.20 Å². The molecule has 1 N–H and O–H groups in total. The lowest BCUT2D eigenvalue weighted by Gasteiger charge is -2.11. The lowest BCUT2D eigenvalue weighted by Crippen LogP contribution is -2.18. The third kappa shape index (κ3) is 6.74. The van der Waals surface area contributed by atoms with Gasteiger partial charge in [0.1, 0.15) is 11.3 Å². The number of fused-ring (bicyclic) bond motifs is 1. The highest BCUT2D eigenvalue weighted by atomic mass is 79.9. The molecule has 3 aromatic rings. The number of nitrogens with zero attached hydrogens (tertiary/aromatic N) is 2. The van der Waals surface area contributed by atoms with E-state index < -0.39 is 23.8 Å². The van der Waals surface area contributed by atoms with Gasteiger partial charge >= 0.3 is 6.36 Å². The van der Waals surface area contributed by atoms with Crippen molar-refractivity contribution in [1.82, 2.24) is 9.38 Å². The van der Waals surface area contributed by atoms with Crippen LogP contribution in [0.2, 0.25) is 0 Å². The van der Waals surface area contributed by atoms with Gasteiger partial charge < -0.3 is 10.1 Å². The summed E-state index contributed by atoms with van der Waals surface area (Å²) in [5, 5.41) is 2.38. The van der Waals surface area contributed by atoms with Gasteiger partial charge in [-0.1, -0.05) is 43.6 Å². The van der Waals surface area contributed by atoms with Crippen LogP contribution >= 0.6 is 15.9 Å². The summed E-state index contributed by atoms with van der Waals surface area (Å²) in [4.78, 5) is 16.4. The average Bonchev–Trinajstić information content (AvgIpc) is 3.09. The molecule has 10 heteroatoms. The summed E-state index contributed by atoms with van der Waals surface area (Å²) in [6.45, 7) is 8.00. The van der Waals surface area contributed by atoms with Gasteiger partial charge in [-0.2, -0.15) is 0 Å². The molecule has 29 heavy (non-hydrogen) atoms. The smallest absolute Gasteiger partial charge is 0.403 e. The summed E-state index contributed by atoms with van der Waals surface area (Å²) in [6, 6.07) is 6.02. The molecule has 5 nitrogen and oxygen atoms in total. The number of carbonyl (C=O) groups excluding carboxylic acids is 1. The SMILES string of the molecule is CC.CC.O=C(Nc1ccc(F)c(OC(F)(F)F)c1)c1cnc2cc(Br)ccn12. The molecule has 0 aliphatic rings. The van der Waals surface area contributed by atoms with Gasteiger partial charge in [-0.3, -0.25) is 9.20 Å². The number of ether oxygens (including phenoxy) is 1. The maximum absolute atomic E-state index is 13.4. The minimum Gasteiger partial charge on any atom is -0.403 e. The number of imidazole rings is 1. The highest BCUT2D eigenvalue weighted by Crippen LogP contribution is 2.28. The number of anilines is 1. The molecule has 2 aromatic heterocycles. The number of halogens is 5. The van der Waals surface area contributed by atoms with E-state index in [0.717, 1.165) is 22.7 Å². The van der Waals surface area contributed by atoms with E-state index in [9.17, 15) is 22.4 Å². The molecule has 0 atom stereocenters. The Hall–Kier alpha value is -2.62. The van der Waals surface area contributed by atoms with Gasteiger partial charge in [0.2, 0.25) is 0 Å². The Kier molecular flexibility index (Phi) is 9.09. The van der Waals surface area contributed by atoms with Crippen molar-refractivity contribution in [2.45, 2.75) is 34.1 Å². The molecular formula is C19H20BrF4N3O2. The minimum atomic E-state index is -5.04. The number of pyridine rings is 1. The summed E-state index contributed by atoms with van der Waals surface area (Å²) in [6.07, 6.45) is -2.13. The summed E-state index contributed by atoms with van der Waals surface area (Å²) in [7, 11) is 0. The molecule has 158 valence electrons. The Morgan fingerprint density at radius 3 is 2.41 bits per heavy atom. The van der Waals surface area contributed by atoms with Crippen LogP contribution in [0.4, 0.5) is 23.2 Å². The molecule has 0 spiro atoms. The average molecular weight is 478 g/mol. The van der Waals surface area contributed by atoms with Crippen LogP contribution in [0.5, 0.6) is 5.75 Å². The molecule has 0 fully saturated rings. The predicted octanol–water partition coefficient (Wildman–Crippen LogP) is 6.44. The van der Waals surface area contributed by atoms with Gasteiger partial charge in [0.25, 0.3) is 5.91 Å². The highest BCUT2D eigenvalue weighted by molar-refractivity contribution is 9.10. The number of hydrogen-bond acceptors (Lipinski definition) is 3. The van der Waals surface area contributed by atoms with Crippen LogP contribution in [0.1, 0.15) is 38.2 Å². The first-order chi connectivity index (χ1) is 13.7. The summed E-state index contributed by atoms with van der Waals surface area (Å²) in [5.74, 6) is -2.86. The van der Waals surface area contributed by atoms with Crippen molar-refractivity contribution < 1.29 is 27.1 Å². The molecular weight excluding hydrogens is 458 g/mol. The van der Waals surface area contributed by atoms with Gasteiger partial charge in [-0.05, 0) is 24.3 Å². The molecule has 2 heterocycles. The second-order valence-electron chi connectivity index (χ2n) is 4.86. The van der Waals surface area contributed by atoms with Crippen LogP contribution in [-0.4, -0.2) is 21.7 Å². The fourth-order valence-corrected chi connectivity index (χ4v) is 2.43. The van der Waals surface area contributed by atoms with Crippen molar-refractivity contribution >= 4 is 33.2 Å². The Morgan fingerprint density at radius 2 is 1.79 bits per heavy atom. The zero-order valence-corrected chi connectivity index (χ0v) is 17.7. The number of alkyl halides is 3. The number of nitrogens with one attached hydrogen (secondary N) is 1. The maximum atomic E-state index is 13.4. The van der Waals surface area contributed by atoms with Gasteiger partial charge in [-0.25, -0.2) is 9.37 Å². The fourth-order valence-electron chi connectivity index (χ4n) is 2.10. The van der Waals surface area contributed by atoms with Crippen LogP contribution in [0.3, 0.4) is 0 Å². The lowest BCUT2D eigenvalue weighted by molar-refractivity contribution is -0.275. The number of amides is 1. The van der Waals surface area contributed by atoms with Crippen LogP contribution in [-0.2, 0) is 0 Å². The number of rotatable bonds is 3. The summed E-state index contributed by atoms with van der Waals surface area (Å²) >= 11 is 3.28. The molecule has 1 aromatic carbocycles. The topological polar surface area (TPSA) is 55.6 Å². The Balaban J connectivity index is 0.000000989. The van der Waals surface area contributed by atoms with E-state index in [1.807, 2.05) is 27.7 Å². The van der Waals surface area contributed by atoms with E-state index in [1.165, 1.54) is 10.6 Å². The third-order valence-corrected chi connectivity index (χ3v) is 3.62. The number of carbonyl (C=O) groups is 1. The zero-order valence-electron chi connectivity index (χ0n) is 16.1. The first-order valence-corrected chi connectivity index (χ1v) is 9.51. The summed E-state index contributed by atoms with van der Waals surface area (Å²) in [5.41, 5.74) is 0.600. The Morgan fingerprint density at radius 1 is 1.14 bits per heavy atom. The first kappa shape index (κ1) is 24.4. The molecule has 0 aliphatic heterocycles. The second kappa shape index (κ2) is 10.8. The van der Waals surface area contributed by atoms with E-state index in [1.54, 1.807) is 18.3 Å². The van der Waals surface area contributed by atoms with Crippen molar-refractivity contribution in [2.75, 3.05) is 5.32 Å². The van der Waals surface area contributed by atoms with E-state index in [4.69, 9.17) is 0 Å². The van der Waals surface area contributed by atoms with Crippen molar-refractivity contribution in [3.05, 3.63) is 58.7 Å². The van der Waals surface area contributed by atoms with E-state index in [0.29, 0.717) is 5.65 Å². The molecule has 0 radical (unpaired) electrons. The monoisotopic (exact) mass is 477 g/mol. The van der Waals surface area contributed by atoms with Crippen LogP contribution in [0.25, 0.3) is 5.65 Å². The third-order valence-electron chi connectivity index (χ3n) is 3.12. The summed E-state index contributed by atoms with van der Waals surface area (Å²) < 4.78 is 56.0. The van der Waals surface area contributed by atoms with Crippen LogP contribution in [0.15, 0.2) is 47.2 Å². The predicted molar refractivity (Wildman–Crippen MR) is 107 cm³/mol. The van der Waals surface area contributed by atoms with Gasteiger partial charge in [0.15, 0.2) is 11.6 Å². The molecule has 3 rings (SSSR count). The van der Waals surface area contributed by atoms with Gasteiger partial charge in [-0.15, -0.1) is 13.2 Å². The van der Waals surface area contributed by atoms with Crippen LogP contribution in [0, 0.1) is 5.82 Å². The van der Waals surface area contributed by atoms with Gasteiger partial charge in [0, 0.05) is 22.4 Å². The van der Waals surface area contributed by atoms with E-state index in [2.05, 4.69) is 31.0 Å². The maximum Gasteiger partial charge on any atom is 0.573 e. The van der Waals surface area contributed by atoms with E-state index in [-0.39, 0.29) is 11.4 Å². The minimum absolute atomic E-state index is 0.0577. The molecule has 0 aliphatic carbocycles. The standard InChI is InChI=1S/C15H8BrF4N3O2.2C2H6/c16-8-3-4-23-11(7-21-13(23)5-8)14(24)22-9-1-2-10(17)12(6-9)25-15(18,19)20;2*1-2/h1-7H,(H,22,24);2*1-2H3. The molecule has 0 unspecified atom stereocenters. The number of aromatic nitrogens is 2. The van der Waals surface area contributed by atoms with E-state index >= 15 is 0 Å². The Labute approximate surface area is 173 Å². The quantitative estimate of drug-likeness (QED) is 0.441.